The average molecular weight is 321 g/mol. The molecule has 0 unspecified atom stereocenters. The molecule has 3 rings (SSSR count). The Bertz CT molecular complexity index is 854. The molecule has 0 radical (unpaired) electrons. The zero-order valence-electron chi connectivity index (χ0n) is 13.5. The van der Waals surface area contributed by atoms with Crippen molar-refractivity contribution in [3.63, 3.8) is 0 Å². The van der Waals surface area contributed by atoms with Crippen LogP contribution in [-0.2, 0) is 17.8 Å². The van der Waals surface area contributed by atoms with Crippen molar-refractivity contribution < 1.29 is 4.79 Å². The minimum Gasteiger partial charge on any atom is -0.273 e. The van der Waals surface area contributed by atoms with Gasteiger partial charge in [-0.05, 0) is 31.0 Å². The molecule has 6 heteroatoms. The Balaban J connectivity index is 1.53. The van der Waals surface area contributed by atoms with Crippen LogP contribution in [0.5, 0.6) is 0 Å². The van der Waals surface area contributed by atoms with Crippen molar-refractivity contribution in [1.82, 2.24) is 20.4 Å². The maximum absolute atomic E-state index is 11.9. The summed E-state index contributed by atoms with van der Waals surface area (Å²) in [5, 5.41) is 12.4. The van der Waals surface area contributed by atoms with Crippen LogP contribution >= 0.6 is 0 Å². The molecule has 24 heavy (non-hydrogen) atoms. The van der Waals surface area contributed by atoms with E-state index in [4.69, 9.17) is 0 Å². The van der Waals surface area contributed by atoms with Crippen molar-refractivity contribution in [1.29, 1.82) is 0 Å². The molecule has 2 aromatic carbocycles. The van der Waals surface area contributed by atoms with Crippen LogP contribution in [-0.4, -0.2) is 26.6 Å². The predicted octanol–water partition coefficient (Wildman–Crippen LogP) is 2.56. The molecule has 0 saturated heterocycles. The lowest BCUT2D eigenvalue weighted by molar-refractivity contribution is -0.121. The summed E-state index contributed by atoms with van der Waals surface area (Å²) in [4.78, 5) is 11.9. The van der Waals surface area contributed by atoms with Crippen molar-refractivity contribution in [2.45, 2.75) is 26.3 Å². The zero-order chi connectivity index (χ0) is 16.8. The van der Waals surface area contributed by atoms with Gasteiger partial charge in [0.05, 0.1) is 17.8 Å². The summed E-state index contributed by atoms with van der Waals surface area (Å²) >= 11 is 0. The first-order valence-corrected chi connectivity index (χ1v) is 7.86. The lowest BCUT2D eigenvalue weighted by Gasteiger charge is -2.04. The van der Waals surface area contributed by atoms with E-state index in [1.807, 2.05) is 61.5 Å². The van der Waals surface area contributed by atoms with Gasteiger partial charge in [0, 0.05) is 6.42 Å². The standard InChI is InChI=1S/C18H19N5O/c1-14(13-23-17-10-6-5-9-16(17)20-22-23)19-21-18(24)12-11-15-7-3-2-4-8-15/h2-10H,11-13H2,1H3,(H,21,24)/b19-14-. The summed E-state index contributed by atoms with van der Waals surface area (Å²) in [5.74, 6) is -0.0957. The van der Waals surface area contributed by atoms with Crippen LogP contribution in [0, 0.1) is 0 Å². The highest BCUT2D eigenvalue weighted by atomic mass is 16.2. The molecule has 0 saturated carbocycles. The number of hydrogen-bond acceptors (Lipinski definition) is 4. The van der Waals surface area contributed by atoms with Gasteiger partial charge in [-0.25, -0.2) is 10.1 Å². The fraction of sp³-hybridized carbons (Fsp3) is 0.222. The largest absolute Gasteiger partial charge is 0.273 e. The van der Waals surface area contributed by atoms with E-state index in [0.717, 1.165) is 22.3 Å². The van der Waals surface area contributed by atoms with Gasteiger partial charge >= 0.3 is 0 Å². The monoisotopic (exact) mass is 321 g/mol. The van der Waals surface area contributed by atoms with E-state index in [9.17, 15) is 4.79 Å². The van der Waals surface area contributed by atoms with Gasteiger partial charge in [0.25, 0.3) is 0 Å². The molecule has 0 spiro atoms. The number of fused-ring (bicyclic) bond motifs is 1. The molecule has 0 bridgehead atoms. The fourth-order valence-corrected chi connectivity index (χ4v) is 2.40. The number of nitrogens with one attached hydrogen (secondary N) is 1. The Morgan fingerprint density at radius 2 is 1.88 bits per heavy atom. The molecule has 0 aliphatic carbocycles. The molecular weight excluding hydrogens is 302 g/mol. The van der Waals surface area contributed by atoms with E-state index in [-0.39, 0.29) is 5.91 Å². The topological polar surface area (TPSA) is 72.2 Å². The van der Waals surface area contributed by atoms with Crippen molar-refractivity contribution in [2.24, 2.45) is 5.10 Å². The molecule has 3 aromatic rings. The summed E-state index contributed by atoms with van der Waals surface area (Å²) in [7, 11) is 0. The quantitative estimate of drug-likeness (QED) is 0.560. The molecule has 0 aliphatic heterocycles. The lowest BCUT2D eigenvalue weighted by Crippen LogP contribution is -2.21. The molecule has 1 amide bonds. The Morgan fingerprint density at radius 3 is 2.71 bits per heavy atom. The molecule has 1 N–H and O–H groups in total. The number of rotatable bonds is 6. The first kappa shape index (κ1) is 15.9. The predicted molar refractivity (Wildman–Crippen MR) is 93.5 cm³/mol. The lowest BCUT2D eigenvalue weighted by atomic mass is 10.1. The molecular formula is C18H19N5O. The van der Waals surface area contributed by atoms with Crippen LogP contribution in [0.3, 0.4) is 0 Å². The van der Waals surface area contributed by atoms with Gasteiger partial charge in [-0.3, -0.25) is 4.79 Å². The molecule has 1 aromatic heterocycles. The van der Waals surface area contributed by atoms with E-state index in [0.29, 0.717) is 19.4 Å². The number of nitrogens with zero attached hydrogens (tertiary/aromatic N) is 4. The Hall–Kier alpha value is -3.02. The highest BCUT2D eigenvalue weighted by molar-refractivity contribution is 5.85. The Morgan fingerprint density at radius 1 is 1.12 bits per heavy atom. The number of carbonyl (C=O) groups is 1. The number of carbonyl (C=O) groups excluding carboxylic acids is 1. The molecule has 0 aliphatic rings. The number of aromatic nitrogens is 3. The smallest absolute Gasteiger partial charge is 0.240 e. The summed E-state index contributed by atoms with van der Waals surface area (Å²) in [6.07, 6.45) is 1.11. The normalized spacial score (nSPS) is 11.6. The average Bonchev–Trinajstić information content (AvgIpc) is 3.02. The number of para-hydroxylation sites is 1. The minimum absolute atomic E-state index is 0.0957. The van der Waals surface area contributed by atoms with E-state index >= 15 is 0 Å². The maximum Gasteiger partial charge on any atom is 0.240 e. The summed E-state index contributed by atoms with van der Waals surface area (Å²) in [5.41, 5.74) is 6.30. The van der Waals surface area contributed by atoms with E-state index in [1.165, 1.54) is 0 Å². The van der Waals surface area contributed by atoms with Crippen LogP contribution in [0.2, 0.25) is 0 Å². The van der Waals surface area contributed by atoms with E-state index < -0.39 is 0 Å². The van der Waals surface area contributed by atoms with Gasteiger partial charge in [0.15, 0.2) is 0 Å². The van der Waals surface area contributed by atoms with Crippen molar-refractivity contribution in [2.75, 3.05) is 0 Å². The molecule has 1 heterocycles. The van der Waals surface area contributed by atoms with Crippen LogP contribution in [0.4, 0.5) is 0 Å². The second-order valence-corrected chi connectivity index (χ2v) is 5.60. The third-order valence-electron chi connectivity index (χ3n) is 3.65. The summed E-state index contributed by atoms with van der Waals surface area (Å²) in [6.45, 7) is 2.34. The number of hydrazone groups is 1. The SMILES string of the molecule is C/C(Cn1nnc2ccccc21)=N/NC(=O)CCc1ccccc1. The molecule has 0 atom stereocenters. The minimum atomic E-state index is -0.0957. The fourth-order valence-electron chi connectivity index (χ4n) is 2.40. The van der Waals surface area contributed by atoms with Gasteiger partial charge < -0.3 is 0 Å². The van der Waals surface area contributed by atoms with Gasteiger partial charge in [0.2, 0.25) is 5.91 Å². The second kappa shape index (κ2) is 7.50. The number of benzene rings is 2. The third kappa shape index (κ3) is 4.04. The van der Waals surface area contributed by atoms with Crippen LogP contribution < -0.4 is 5.43 Å². The van der Waals surface area contributed by atoms with Crippen LogP contribution in [0.1, 0.15) is 18.9 Å². The first-order chi connectivity index (χ1) is 11.7. The van der Waals surface area contributed by atoms with E-state index in [1.54, 1.807) is 4.68 Å². The number of hydrogen-bond donors (Lipinski definition) is 1. The van der Waals surface area contributed by atoms with Gasteiger partial charge in [-0.2, -0.15) is 5.10 Å². The maximum atomic E-state index is 11.9. The Kier molecular flexibility index (Phi) is 4.96. The van der Waals surface area contributed by atoms with Crippen LogP contribution in [0.25, 0.3) is 11.0 Å². The second-order valence-electron chi connectivity index (χ2n) is 5.60. The van der Waals surface area contributed by atoms with Gasteiger partial charge in [-0.15, -0.1) is 5.10 Å². The highest BCUT2D eigenvalue weighted by Gasteiger charge is 2.05. The summed E-state index contributed by atoms with van der Waals surface area (Å²) < 4.78 is 1.77. The van der Waals surface area contributed by atoms with Crippen molar-refractivity contribution in [3.05, 3.63) is 60.2 Å². The highest BCUT2D eigenvalue weighted by Crippen LogP contribution is 2.09. The van der Waals surface area contributed by atoms with Gasteiger partial charge in [-0.1, -0.05) is 47.7 Å². The van der Waals surface area contributed by atoms with E-state index in [2.05, 4.69) is 20.8 Å². The number of aryl methyl sites for hydroxylation is 1. The third-order valence-corrected chi connectivity index (χ3v) is 3.65. The Labute approximate surface area is 140 Å². The van der Waals surface area contributed by atoms with Crippen LogP contribution in [0.15, 0.2) is 59.7 Å². The zero-order valence-corrected chi connectivity index (χ0v) is 13.5. The molecule has 0 fully saturated rings. The number of amides is 1. The van der Waals surface area contributed by atoms with Crippen molar-refractivity contribution in [3.8, 4) is 0 Å². The molecule has 6 nitrogen and oxygen atoms in total. The van der Waals surface area contributed by atoms with Crippen molar-refractivity contribution >= 4 is 22.7 Å². The van der Waals surface area contributed by atoms with Gasteiger partial charge in [0.1, 0.15) is 5.52 Å². The first-order valence-electron chi connectivity index (χ1n) is 7.86. The molecule has 122 valence electrons. The summed E-state index contributed by atoms with van der Waals surface area (Å²) in [6, 6.07) is 17.7.